The molecule has 5 aromatic rings. The summed E-state index contributed by atoms with van der Waals surface area (Å²) >= 11 is 0. The Morgan fingerprint density at radius 3 is 2.42 bits per heavy atom. The lowest BCUT2D eigenvalue weighted by Gasteiger charge is -2.22. The summed E-state index contributed by atoms with van der Waals surface area (Å²) in [4.78, 5) is 13.5. The SMILES string of the molecule is C[C@@H]1[C@@H]2c3nc4cc(F)c(-c5cnc(C(C)(C)O)nc5)cc4n3[C@H](c3ccccc3Oc3ccccc3)[C@H]12. The molecule has 38 heavy (non-hydrogen) atoms. The van der Waals surface area contributed by atoms with Crippen LogP contribution in [0, 0.1) is 17.7 Å². The number of nitrogens with zero attached hydrogens (tertiary/aromatic N) is 4. The van der Waals surface area contributed by atoms with Crippen molar-refractivity contribution in [3.63, 3.8) is 0 Å². The van der Waals surface area contributed by atoms with Crippen LogP contribution in [0.25, 0.3) is 22.2 Å². The molecule has 190 valence electrons. The van der Waals surface area contributed by atoms with E-state index in [0.29, 0.717) is 34.4 Å². The highest BCUT2D eigenvalue weighted by molar-refractivity contribution is 5.84. The average Bonchev–Trinajstić information content (AvgIpc) is 3.24. The summed E-state index contributed by atoms with van der Waals surface area (Å²) < 4.78 is 24.0. The second kappa shape index (κ2) is 8.20. The molecule has 0 radical (unpaired) electrons. The molecular weight excluding hydrogens is 479 g/mol. The number of rotatable bonds is 5. The minimum absolute atomic E-state index is 0.0297. The van der Waals surface area contributed by atoms with Crippen molar-refractivity contribution in [3.8, 4) is 22.6 Å². The molecule has 1 aliphatic heterocycles. The Labute approximate surface area is 219 Å². The van der Waals surface area contributed by atoms with Gasteiger partial charge in [0.05, 0.1) is 17.1 Å². The van der Waals surface area contributed by atoms with Crippen LogP contribution in [-0.2, 0) is 5.60 Å². The average molecular weight is 507 g/mol. The van der Waals surface area contributed by atoms with Crippen LogP contribution >= 0.6 is 0 Å². The Morgan fingerprint density at radius 1 is 0.974 bits per heavy atom. The molecule has 1 N–H and O–H groups in total. The molecule has 1 saturated carbocycles. The molecule has 2 aromatic heterocycles. The van der Waals surface area contributed by atoms with Crippen molar-refractivity contribution in [1.82, 2.24) is 19.5 Å². The summed E-state index contributed by atoms with van der Waals surface area (Å²) in [6, 6.07) is 21.3. The van der Waals surface area contributed by atoms with Crippen LogP contribution in [0.5, 0.6) is 11.5 Å². The highest BCUT2D eigenvalue weighted by atomic mass is 19.1. The molecule has 0 unspecified atom stereocenters. The third-order valence-corrected chi connectivity index (χ3v) is 7.91. The van der Waals surface area contributed by atoms with Crippen LogP contribution in [0.2, 0.25) is 0 Å². The van der Waals surface area contributed by atoms with E-state index in [9.17, 15) is 5.11 Å². The lowest BCUT2D eigenvalue weighted by molar-refractivity contribution is 0.0687. The second-order valence-corrected chi connectivity index (χ2v) is 10.9. The first-order valence-electron chi connectivity index (χ1n) is 12.9. The fraction of sp³-hybridized carbons (Fsp3) is 0.258. The van der Waals surface area contributed by atoms with Crippen LogP contribution in [0.15, 0.2) is 79.1 Å². The quantitative estimate of drug-likeness (QED) is 0.291. The van der Waals surface area contributed by atoms with Crippen LogP contribution in [0.4, 0.5) is 4.39 Å². The fourth-order valence-electron chi connectivity index (χ4n) is 6.00. The number of imidazole rings is 1. The molecule has 1 fully saturated rings. The zero-order valence-electron chi connectivity index (χ0n) is 21.3. The molecule has 3 heterocycles. The third kappa shape index (κ3) is 3.53. The number of halogens is 1. The van der Waals surface area contributed by atoms with Crippen LogP contribution in [-0.4, -0.2) is 24.6 Å². The van der Waals surface area contributed by atoms with E-state index in [4.69, 9.17) is 9.72 Å². The number of aromatic nitrogens is 4. The van der Waals surface area contributed by atoms with Gasteiger partial charge >= 0.3 is 0 Å². The molecule has 2 aliphatic rings. The maximum atomic E-state index is 15.3. The van der Waals surface area contributed by atoms with E-state index in [-0.39, 0.29) is 17.7 Å². The van der Waals surface area contributed by atoms with Crippen molar-refractivity contribution in [3.05, 3.63) is 102 Å². The largest absolute Gasteiger partial charge is 0.457 e. The predicted octanol–water partition coefficient (Wildman–Crippen LogP) is 6.60. The number of aliphatic hydroxyl groups is 1. The van der Waals surface area contributed by atoms with Gasteiger partial charge in [-0.05, 0) is 49.9 Å². The monoisotopic (exact) mass is 506 g/mol. The van der Waals surface area contributed by atoms with Crippen molar-refractivity contribution in [1.29, 1.82) is 0 Å². The highest BCUT2D eigenvalue weighted by Gasteiger charge is 2.61. The first kappa shape index (κ1) is 23.0. The van der Waals surface area contributed by atoms with Gasteiger partial charge in [0.15, 0.2) is 5.82 Å². The van der Waals surface area contributed by atoms with Crippen molar-refractivity contribution in [2.24, 2.45) is 11.8 Å². The molecule has 0 spiro atoms. The number of hydrogen-bond donors (Lipinski definition) is 1. The summed E-state index contributed by atoms with van der Waals surface area (Å²) in [5, 5.41) is 10.2. The number of ether oxygens (including phenoxy) is 1. The number of benzene rings is 3. The number of hydrogen-bond acceptors (Lipinski definition) is 5. The number of fused-ring (bicyclic) bond motifs is 5. The number of para-hydroxylation sites is 2. The Bertz CT molecular complexity index is 1670. The summed E-state index contributed by atoms with van der Waals surface area (Å²) in [5.74, 6) is 3.74. The molecule has 3 aromatic carbocycles. The topological polar surface area (TPSA) is 73.1 Å². The van der Waals surface area contributed by atoms with E-state index in [1.807, 2.05) is 54.6 Å². The smallest absolute Gasteiger partial charge is 0.159 e. The van der Waals surface area contributed by atoms with Gasteiger partial charge in [-0.15, -0.1) is 0 Å². The van der Waals surface area contributed by atoms with Gasteiger partial charge in [0.25, 0.3) is 0 Å². The van der Waals surface area contributed by atoms with Crippen molar-refractivity contribution < 1.29 is 14.2 Å². The highest BCUT2D eigenvalue weighted by Crippen LogP contribution is 2.66. The lowest BCUT2D eigenvalue weighted by atomic mass is 9.99. The molecule has 7 rings (SSSR count). The summed E-state index contributed by atoms with van der Waals surface area (Å²) in [7, 11) is 0. The Hall–Kier alpha value is -4.10. The molecule has 6 nitrogen and oxygen atoms in total. The van der Waals surface area contributed by atoms with Crippen molar-refractivity contribution in [2.45, 2.75) is 38.3 Å². The van der Waals surface area contributed by atoms with Crippen molar-refractivity contribution >= 4 is 11.0 Å². The third-order valence-electron chi connectivity index (χ3n) is 7.91. The van der Waals surface area contributed by atoms with E-state index < -0.39 is 5.60 Å². The van der Waals surface area contributed by atoms with Gasteiger partial charge < -0.3 is 14.4 Å². The Kier molecular flexibility index (Phi) is 4.97. The van der Waals surface area contributed by atoms with Gasteiger partial charge in [0.1, 0.15) is 28.7 Å². The maximum absolute atomic E-state index is 15.3. The van der Waals surface area contributed by atoms with E-state index in [2.05, 4.69) is 27.5 Å². The summed E-state index contributed by atoms with van der Waals surface area (Å²) in [6.45, 7) is 5.51. The van der Waals surface area contributed by atoms with Gasteiger partial charge in [0, 0.05) is 41.1 Å². The summed E-state index contributed by atoms with van der Waals surface area (Å²) in [6.07, 6.45) is 3.12. The van der Waals surface area contributed by atoms with E-state index in [1.54, 1.807) is 26.2 Å². The molecule has 0 bridgehead atoms. The first-order chi connectivity index (χ1) is 18.3. The standard InChI is InChI=1S/C31H27FN4O2/c1-17-26-27(17)29-35-23-14-22(32)21(18-15-33-30(34-16-18)31(2,3)37)13-24(23)36(29)28(26)20-11-7-8-12-25(20)38-19-9-5-4-6-10-19/h4-17,26-28,37H,1-3H3/t17-,26+,27-,28+/m0/s1. The van der Waals surface area contributed by atoms with Crippen LogP contribution in [0.1, 0.15) is 49.9 Å². The fourth-order valence-corrected chi connectivity index (χ4v) is 6.00. The van der Waals surface area contributed by atoms with Crippen LogP contribution < -0.4 is 4.74 Å². The Morgan fingerprint density at radius 2 is 1.68 bits per heavy atom. The normalized spacial score (nSPS) is 21.8. The Balaban J connectivity index is 1.35. The lowest BCUT2D eigenvalue weighted by Crippen LogP contribution is -2.19. The minimum Gasteiger partial charge on any atom is -0.457 e. The van der Waals surface area contributed by atoms with Gasteiger partial charge in [-0.1, -0.05) is 43.3 Å². The molecule has 0 saturated heterocycles. The zero-order chi connectivity index (χ0) is 26.2. The van der Waals surface area contributed by atoms with Crippen molar-refractivity contribution in [2.75, 3.05) is 0 Å². The van der Waals surface area contributed by atoms with Crippen LogP contribution in [0.3, 0.4) is 0 Å². The molecule has 0 amide bonds. The van der Waals surface area contributed by atoms with E-state index in [0.717, 1.165) is 28.4 Å². The van der Waals surface area contributed by atoms with Gasteiger partial charge in [-0.3, -0.25) is 0 Å². The predicted molar refractivity (Wildman–Crippen MR) is 142 cm³/mol. The molecule has 7 heteroatoms. The van der Waals surface area contributed by atoms with Gasteiger partial charge in [-0.25, -0.2) is 19.3 Å². The van der Waals surface area contributed by atoms with Gasteiger partial charge in [0.2, 0.25) is 0 Å². The second-order valence-electron chi connectivity index (χ2n) is 10.9. The summed E-state index contributed by atoms with van der Waals surface area (Å²) in [5.41, 5.74) is 2.39. The van der Waals surface area contributed by atoms with Gasteiger partial charge in [-0.2, -0.15) is 0 Å². The molecular formula is C31H27FN4O2. The maximum Gasteiger partial charge on any atom is 0.159 e. The first-order valence-corrected chi connectivity index (χ1v) is 12.9. The minimum atomic E-state index is -1.17. The zero-order valence-corrected chi connectivity index (χ0v) is 21.3. The van der Waals surface area contributed by atoms with E-state index >= 15 is 4.39 Å². The molecule has 1 aliphatic carbocycles. The van der Waals surface area contributed by atoms with E-state index in [1.165, 1.54) is 6.07 Å². The molecule has 4 atom stereocenters.